The number of nitrogens with zero attached hydrogens (tertiary/aromatic N) is 2. The van der Waals surface area contributed by atoms with Crippen molar-refractivity contribution in [2.45, 2.75) is 33.5 Å². The second-order valence-electron chi connectivity index (χ2n) is 4.37. The molecule has 19 heavy (non-hydrogen) atoms. The van der Waals surface area contributed by atoms with Gasteiger partial charge in [-0.15, -0.1) is 0 Å². The van der Waals surface area contributed by atoms with E-state index >= 15 is 0 Å². The molecule has 0 atom stereocenters. The molecule has 0 aliphatic rings. The maximum Gasteiger partial charge on any atom is 0.213 e. The van der Waals surface area contributed by atoms with Gasteiger partial charge in [-0.3, -0.25) is 4.98 Å². The van der Waals surface area contributed by atoms with Gasteiger partial charge in [-0.2, -0.15) is 4.39 Å². The molecular formula is C15H17FN2O. The zero-order valence-electron chi connectivity index (χ0n) is 11.2. The van der Waals surface area contributed by atoms with Gasteiger partial charge >= 0.3 is 0 Å². The van der Waals surface area contributed by atoms with Crippen LogP contribution in [0.25, 0.3) is 0 Å². The summed E-state index contributed by atoms with van der Waals surface area (Å²) >= 11 is 0. The van der Waals surface area contributed by atoms with E-state index in [0.717, 1.165) is 17.7 Å². The Balaban J connectivity index is 1.96. The van der Waals surface area contributed by atoms with Gasteiger partial charge in [0.2, 0.25) is 5.95 Å². The van der Waals surface area contributed by atoms with Crippen molar-refractivity contribution in [2.75, 3.05) is 0 Å². The Hall–Kier alpha value is -1.81. The van der Waals surface area contributed by atoms with Crippen molar-refractivity contribution >= 4 is 0 Å². The monoisotopic (exact) mass is 260 g/mol. The molecule has 0 aliphatic carbocycles. The molecule has 0 amide bonds. The van der Waals surface area contributed by atoms with E-state index in [0.29, 0.717) is 13.2 Å². The first kappa shape index (κ1) is 13.6. The first-order valence-electron chi connectivity index (χ1n) is 6.32. The fourth-order valence-electron chi connectivity index (χ4n) is 1.95. The van der Waals surface area contributed by atoms with Crippen LogP contribution in [0.15, 0.2) is 30.6 Å². The predicted octanol–water partition coefficient (Wildman–Crippen LogP) is 3.20. The van der Waals surface area contributed by atoms with Crippen LogP contribution < -0.4 is 0 Å². The summed E-state index contributed by atoms with van der Waals surface area (Å²) in [6, 6.07) is 5.14. The highest BCUT2D eigenvalue weighted by Crippen LogP contribution is 2.13. The van der Waals surface area contributed by atoms with Gasteiger partial charge in [-0.05, 0) is 48.2 Å². The zero-order valence-corrected chi connectivity index (χ0v) is 11.2. The Morgan fingerprint density at radius 2 is 1.95 bits per heavy atom. The van der Waals surface area contributed by atoms with Crippen LogP contribution in [0.4, 0.5) is 4.39 Å². The van der Waals surface area contributed by atoms with Gasteiger partial charge in [0.15, 0.2) is 0 Å². The Kier molecular flexibility index (Phi) is 4.58. The maximum atomic E-state index is 12.9. The number of aryl methyl sites for hydroxylation is 1. The van der Waals surface area contributed by atoms with E-state index in [1.54, 1.807) is 12.3 Å². The second-order valence-corrected chi connectivity index (χ2v) is 4.37. The molecule has 0 fully saturated rings. The lowest BCUT2D eigenvalue weighted by atomic mass is 10.1. The minimum Gasteiger partial charge on any atom is -0.370 e. The van der Waals surface area contributed by atoms with Gasteiger partial charge < -0.3 is 4.74 Å². The summed E-state index contributed by atoms with van der Waals surface area (Å²) in [5, 5.41) is 0. The molecule has 2 heterocycles. The molecule has 4 heteroatoms. The summed E-state index contributed by atoms with van der Waals surface area (Å²) in [4.78, 5) is 7.83. The van der Waals surface area contributed by atoms with Crippen molar-refractivity contribution in [3.8, 4) is 0 Å². The molecule has 2 aromatic heterocycles. The number of pyridine rings is 2. The number of hydrogen-bond donors (Lipinski definition) is 0. The fraction of sp³-hybridized carbons (Fsp3) is 0.333. The average molecular weight is 260 g/mol. The molecule has 2 aromatic rings. The second kappa shape index (κ2) is 6.38. The molecule has 0 saturated carbocycles. The standard InChI is InChI=1S/C15H17FN2O/c1-3-13-5-7-17-14(11(13)2)10-19-9-12-4-6-18-15(16)8-12/h4-8H,3,9-10H2,1-2H3. The molecule has 3 nitrogen and oxygen atoms in total. The largest absolute Gasteiger partial charge is 0.370 e. The highest BCUT2D eigenvalue weighted by atomic mass is 19.1. The summed E-state index contributed by atoms with van der Waals surface area (Å²) in [5.41, 5.74) is 4.17. The molecule has 0 aromatic carbocycles. The lowest BCUT2D eigenvalue weighted by Gasteiger charge is -2.09. The summed E-state index contributed by atoms with van der Waals surface area (Å²) in [7, 11) is 0. The summed E-state index contributed by atoms with van der Waals surface area (Å²) in [6.07, 6.45) is 4.22. The fourth-order valence-corrected chi connectivity index (χ4v) is 1.95. The van der Waals surface area contributed by atoms with Gasteiger partial charge in [-0.25, -0.2) is 4.98 Å². The van der Waals surface area contributed by atoms with Crippen LogP contribution >= 0.6 is 0 Å². The molecule has 100 valence electrons. The average Bonchev–Trinajstić information content (AvgIpc) is 2.41. The van der Waals surface area contributed by atoms with Crippen molar-refractivity contribution in [1.82, 2.24) is 9.97 Å². The molecule has 0 radical (unpaired) electrons. The molecule has 0 N–H and O–H groups in total. The Morgan fingerprint density at radius 3 is 2.68 bits per heavy atom. The first-order chi connectivity index (χ1) is 9.20. The predicted molar refractivity (Wildman–Crippen MR) is 71.0 cm³/mol. The zero-order chi connectivity index (χ0) is 13.7. The number of rotatable bonds is 5. The number of ether oxygens (including phenoxy) is 1. The van der Waals surface area contributed by atoms with Crippen molar-refractivity contribution < 1.29 is 9.13 Å². The minimum atomic E-state index is -0.483. The van der Waals surface area contributed by atoms with Gasteiger partial charge in [0.1, 0.15) is 0 Å². The van der Waals surface area contributed by atoms with Gasteiger partial charge in [0.25, 0.3) is 0 Å². The molecule has 0 spiro atoms. The van der Waals surface area contributed by atoms with Crippen molar-refractivity contribution in [3.63, 3.8) is 0 Å². The van der Waals surface area contributed by atoms with E-state index in [4.69, 9.17) is 4.74 Å². The highest BCUT2D eigenvalue weighted by molar-refractivity contribution is 5.28. The Labute approximate surface area is 112 Å². The van der Waals surface area contributed by atoms with Crippen LogP contribution in [0.1, 0.15) is 29.3 Å². The van der Waals surface area contributed by atoms with Crippen LogP contribution in [-0.2, 0) is 24.4 Å². The first-order valence-corrected chi connectivity index (χ1v) is 6.32. The van der Waals surface area contributed by atoms with E-state index in [1.807, 2.05) is 6.07 Å². The van der Waals surface area contributed by atoms with Crippen LogP contribution in [0.3, 0.4) is 0 Å². The Bertz CT molecular complexity index is 558. The molecule has 0 bridgehead atoms. The molecule has 0 unspecified atom stereocenters. The van der Waals surface area contributed by atoms with Gasteiger partial charge in [-0.1, -0.05) is 6.92 Å². The lowest BCUT2D eigenvalue weighted by Crippen LogP contribution is -2.02. The van der Waals surface area contributed by atoms with E-state index < -0.39 is 5.95 Å². The van der Waals surface area contributed by atoms with E-state index in [2.05, 4.69) is 23.8 Å². The Morgan fingerprint density at radius 1 is 1.16 bits per heavy atom. The van der Waals surface area contributed by atoms with Crippen molar-refractivity contribution in [2.24, 2.45) is 0 Å². The third kappa shape index (κ3) is 3.58. The van der Waals surface area contributed by atoms with E-state index in [-0.39, 0.29) is 0 Å². The lowest BCUT2D eigenvalue weighted by molar-refractivity contribution is 0.104. The normalized spacial score (nSPS) is 10.7. The summed E-state index contributed by atoms with van der Waals surface area (Å²) in [5.74, 6) is -0.483. The van der Waals surface area contributed by atoms with E-state index in [1.165, 1.54) is 23.4 Å². The quantitative estimate of drug-likeness (QED) is 0.774. The molecule has 0 saturated heterocycles. The van der Waals surface area contributed by atoms with Gasteiger partial charge in [0.05, 0.1) is 18.9 Å². The van der Waals surface area contributed by atoms with Crippen molar-refractivity contribution in [1.29, 1.82) is 0 Å². The highest BCUT2D eigenvalue weighted by Gasteiger charge is 2.04. The SMILES string of the molecule is CCc1ccnc(COCc2ccnc(F)c2)c1C. The smallest absolute Gasteiger partial charge is 0.213 e. The van der Waals surface area contributed by atoms with Crippen LogP contribution in [0, 0.1) is 12.9 Å². The summed E-state index contributed by atoms with van der Waals surface area (Å²) in [6.45, 7) is 4.96. The summed E-state index contributed by atoms with van der Waals surface area (Å²) < 4.78 is 18.5. The third-order valence-corrected chi connectivity index (χ3v) is 3.10. The minimum absolute atomic E-state index is 0.358. The van der Waals surface area contributed by atoms with Crippen LogP contribution in [0.2, 0.25) is 0 Å². The van der Waals surface area contributed by atoms with E-state index in [9.17, 15) is 4.39 Å². The van der Waals surface area contributed by atoms with Crippen molar-refractivity contribution in [3.05, 3.63) is 58.9 Å². The number of halogens is 1. The maximum absolute atomic E-state index is 12.9. The molecule has 2 rings (SSSR count). The number of hydrogen-bond acceptors (Lipinski definition) is 3. The van der Waals surface area contributed by atoms with Crippen LogP contribution in [0.5, 0.6) is 0 Å². The topological polar surface area (TPSA) is 35.0 Å². The van der Waals surface area contributed by atoms with Gasteiger partial charge in [0, 0.05) is 12.4 Å². The van der Waals surface area contributed by atoms with Crippen LogP contribution in [-0.4, -0.2) is 9.97 Å². The number of aromatic nitrogens is 2. The third-order valence-electron chi connectivity index (χ3n) is 3.10. The molecular weight excluding hydrogens is 243 g/mol. The molecule has 0 aliphatic heterocycles.